The van der Waals surface area contributed by atoms with E-state index in [0.29, 0.717) is 19.1 Å². The van der Waals surface area contributed by atoms with E-state index in [1.54, 1.807) is 0 Å². The molecule has 1 unspecified atom stereocenters. The highest BCUT2D eigenvalue weighted by molar-refractivity contribution is 5.86. The predicted octanol–water partition coefficient (Wildman–Crippen LogP) is 2.86. The fraction of sp³-hybridized carbons (Fsp3) is 0.333. The molecular weight excluding hydrogens is 399 g/mol. The number of ether oxygens (including phenoxy) is 1. The first-order valence-electron chi connectivity index (χ1n) is 8.52. The minimum Gasteiger partial charge on any atom is -0.379 e. The molecule has 11 heteroatoms. The monoisotopic (exact) mass is 416 g/mol. The molecule has 1 aromatic carbocycles. The maximum Gasteiger partial charge on any atom is 0.418 e. The number of benzene rings is 1. The molecule has 0 aliphatic carbocycles. The van der Waals surface area contributed by atoms with Crippen LogP contribution in [-0.4, -0.2) is 29.6 Å². The summed E-state index contributed by atoms with van der Waals surface area (Å²) >= 11 is 0. The van der Waals surface area contributed by atoms with E-state index in [1.807, 2.05) is 0 Å². The number of amides is 1. The number of hydrogen-bond acceptors (Lipinski definition) is 5. The molecule has 1 aliphatic heterocycles. The Morgan fingerprint density at radius 3 is 2.66 bits per heavy atom. The highest BCUT2D eigenvalue weighted by Crippen LogP contribution is 2.36. The molecule has 0 saturated carbocycles. The van der Waals surface area contributed by atoms with E-state index in [2.05, 4.69) is 15.6 Å². The van der Waals surface area contributed by atoms with E-state index in [1.165, 1.54) is 0 Å². The number of halogens is 5. The molecule has 2 heterocycles. The van der Waals surface area contributed by atoms with E-state index in [4.69, 9.17) is 10.5 Å². The van der Waals surface area contributed by atoms with Gasteiger partial charge in [-0.25, -0.2) is 8.78 Å². The number of hydrogen-bond donors (Lipinski definition) is 3. The van der Waals surface area contributed by atoms with Gasteiger partial charge in [0.05, 0.1) is 42.0 Å². The molecule has 156 valence electrons. The molecule has 0 spiro atoms. The van der Waals surface area contributed by atoms with E-state index in [9.17, 15) is 26.7 Å². The van der Waals surface area contributed by atoms with Crippen molar-refractivity contribution in [3.05, 3.63) is 53.4 Å². The van der Waals surface area contributed by atoms with Crippen molar-refractivity contribution in [2.75, 3.05) is 18.5 Å². The Labute approximate surface area is 162 Å². The van der Waals surface area contributed by atoms with Crippen molar-refractivity contribution in [3.63, 3.8) is 0 Å². The number of anilines is 2. The molecule has 1 atom stereocenters. The SMILES string of the molecule is NC1(C(=O)NCc2ncc(Nc3ccc(F)cc3C(F)(F)F)cc2F)CCOC1. The zero-order valence-corrected chi connectivity index (χ0v) is 14.9. The standard InChI is InChI=1S/C18H17F5N4O2/c19-10-1-2-14(12(5-10)18(21,22)23)27-11-6-13(20)15(25-7-11)8-26-16(28)17(24)3-4-29-9-17/h1-2,5-7,27H,3-4,8-9,24H2,(H,26,28). The minimum absolute atomic E-state index is 0.0524. The zero-order chi connectivity index (χ0) is 21.2. The number of nitrogens with zero attached hydrogens (tertiary/aromatic N) is 1. The first-order valence-corrected chi connectivity index (χ1v) is 8.52. The second kappa shape index (κ2) is 7.91. The molecule has 1 fully saturated rings. The lowest BCUT2D eigenvalue weighted by atomic mass is 9.99. The van der Waals surface area contributed by atoms with Crippen LogP contribution in [0.1, 0.15) is 17.7 Å². The Hall–Kier alpha value is -2.79. The van der Waals surface area contributed by atoms with Crippen molar-refractivity contribution >= 4 is 17.3 Å². The Balaban J connectivity index is 1.71. The maximum absolute atomic E-state index is 14.3. The van der Waals surface area contributed by atoms with Crippen LogP contribution in [0.3, 0.4) is 0 Å². The van der Waals surface area contributed by atoms with E-state index in [0.717, 1.165) is 24.4 Å². The van der Waals surface area contributed by atoms with E-state index in [-0.39, 0.29) is 24.5 Å². The Bertz CT molecular complexity index is 914. The highest BCUT2D eigenvalue weighted by Gasteiger charge is 2.38. The summed E-state index contributed by atoms with van der Waals surface area (Å²) in [7, 11) is 0. The molecule has 1 aliphatic rings. The van der Waals surface area contributed by atoms with Gasteiger partial charge in [-0.1, -0.05) is 0 Å². The van der Waals surface area contributed by atoms with Gasteiger partial charge in [0.2, 0.25) is 5.91 Å². The van der Waals surface area contributed by atoms with Gasteiger partial charge < -0.3 is 21.1 Å². The van der Waals surface area contributed by atoms with Crippen LogP contribution in [0.25, 0.3) is 0 Å². The van der Waals surface area contributed by atoms with Crippen LogP contribution >= 0.6 is 0 Å². The lowest BCUT2D eigenvalue weighted by Gasteiger charge is -2.20. The fourth-order valence-corrected chi connectivity index (χ4v) is 2.78. The van der Waals surface area contributed by atoms with Gasteiger partial charge in [0.1, 0.15) is 17.2 Å². The van der Waals surface area contributed by atoms with Crippen LogP contribution in [0, 0.1) is 11.6 Å². The molecule has 2 aromatic rings. The largest absolute Gasteiger partial charge is 0.418 e. The third-order valence-electron chi connectivity index (χ3n) is 4.40. The van der Waals surface area contributed by atoms with Crippen molar-refractivity contribution in [1.82, 2.24) is 10.3 Å². The minimum atomic E-state index is -4.80. The van der Waals surface area contributed by atoms with Crippen LogP contribution < -0.4 is 16.4 Å². The van der Waals surface area contributed by atoms with Crippen LogP contribution in [0.15, 0.2) is 30.5 Å². The van der Waals surface area contributed by atoms with Gasteiger partial charge >= 0.3 is 6.18 Å². The van der Waals surface area contributed by atoms with Gasteiger partial charge in [0.25, 0.3) is 0 Å². The summed E-state index contributed by atoms with van der Waals surface area (Å²) in [6, 6.07) is 3.01. The summed E-state index contributed by atoms with van der Waals surface area (Å²) in [5.41, 5.74) is 2.82. The third-order valence-corrected chi connectivity index (χ3v) is 4.40. The molecule has 1 saturated heterocycles. The number of rotatable bonds is 5. The first kappa shape index (κ1) is 20.9. The smallest absolute Gasteiger partial charge is 0.379 e. The van der Waals surface area contributed by atoms with Crippen molar-refractivity contribution in [3.8, 4) is 0 Å². The van der Waals surface area contributed by atoms with Gasteiger partial charge in [0, 0.05) is 12.7 Å². The third kappa shape index (κ3) is 4.80. The quantitative estimate of drug-likeness (QED) is 0.653. The van der Waals surface area contributed by atoms with Gasteiger partial charge in [-0.15, -0.1) is 0 Å². The lowest BCUT2D eigenvalue weighted by molar-refractivity contribution is -0.137. The van der Waals surface area contributed by atoms with Crippen LogP contribution in [0.2, 0.25) is 0 Å². The van der Waals surface area contributed by atoms with Crippen molar-refractivity contribution in [2.45, 2.75) is 24.7 Å². The Morgan fingerprint density at radius 1 is 1.28 bits per heavy atom. The zero-order valence-electron chi connectivity index (χ0n) is 14.9. The topological polar surface area (TPSA) is 89.3 Å². The number of nitrogens with one attached hydrogen (secondary N) is 2. The second-order valence-corrected chi connectivity index (χ2v) is 6.61. The average Bonchev–Trinajstić information content (AvgIpc) is 3.09. The number of alkyl halides is 3. The Kier molecular flexibility index (Phi) is 5.71. The summed E-state index contributed by atoms with van der Waals surface area (Å²) in [4.78, 5) is 15.9. The summed E-state index contributed by atoms with van der Waals surface area (Å²) in [6.45, 7) is 0.144. The second-order valence-electron chi connectivity index (χ2n) is 6.61. The van der Waals surface area contributed by atoms with Crippen molar-refractivity contribution in [2.24, 2.45) is 5.73 Å². The lowest BCUT2D eigenvalue weighted by Crippen LogP contribution is -2.54. The van der Waals surface area contributed by atoms with Gasteiger partial charge in [-0.3, -0.25) is 9.78 Å². The molecule has 1 amide bonds. The molecule has 3 rings (SSSR count). The van der Waals surface area contributed by atoms with Crippen LogP contribution in [0.4, 0.5) is 33.3 Å². The van der Waals surface area contributed by atoms with Crippen LogP contribution in [0.5, 0.6) is 0 Å². The maximum atomic E-state index is 14.3. The molecule has 4 N–H and O–H groups in total. The molecule has 1 aromatic heterocycles. The predicted molar refractivity (Wildman–Crippen MR) is 93.1 cm³/mol. The summed E-state index contributed by atoms with van der Waals surface area (Å²) in [5.74, 6) is -2.41. The van der Waals surface area contributed by atoms with Gasteiger partial charge in [0.15, 0.2) is 0 Å². The van der Waals surface area contributed by atoms with Gasteiger partial charge in [-0.2, -0.15) is 13.2 Å². The normalized spacial score (nSPS) is 19.2. The van der Waals surface area contributed by atoms with Gasteiger partial charge in [-0.05, 0) is 24.6 Å². The average molecular weight is 416 g/mol. The molecule has 6 nitrogen and oxygen atoms in total. The first-order chi connectivity index (χ1) is 13.6. The number of carbonyl (C=O) groups is 1. The summed E-state index contributed by atoms with van der Waals surface area (Å²) < 4.78 is 71.7. The number of carbonyl (C=O) groups excluding carboxylic acids is 1. The van der Waals surface area contributed by atoms with E-state index >= 15 is 0 Å². The van der Waals surface area contributed by atoms with Crippen molar-refractivity contribution < 1.29 is 31.5 Å². The van der Waals surface area contributed by atoms with E-state index < -0.39 is 40.5 Å². The Morgan fingerprint density at radius 2 is 2.03 bits per heavy atom. The van der Waals surface area contributed by atoms with Crippen LogP contribution in [-0.2, 0) is 22.3 Å². The molecule has 0 bridgehead atoms. The molecule has 0 radical (unpaired) electrons. The summed E-state index contributed by atoms with van der Waals surface area (Å²) in [6.07, 6.45) is -3.37. The molecular formula is C18H17F5N4O2. The fourth-order valence-electron chi connectivity index (χ4n) is 2.78. The number of pyridine rings is 1. The molecule has 29 heavy (non-hydrogen) atoms. The number of aromatic nitrogens is 1. The number of nitrogens with two attached hydrogens (primary N) is 1. The highest BCUT2D eigenvalue weighted by atomic mass is 19.4. The summed E-state index contributed by atoms with van der Waals surface area (Å²) in [5, 5.41) is 4.85. The van der Waals surface area contributed by atoms with Crippen molar-refractivity contribution in [1.29, 1.82) is 0 Å².